The van der Waals surface area contributed by atoms with E-state index in [9.17, 15) is 9.90 Å². The fourth-order valence-corrected chi connectivity index (χ4v) is 5.78. The summed E-state index contributed by atoms with van der Waals surface area (Å²) in [6.07, 6.45) is 0.962. The summed E-state index contributed by atoms with van der Waals surface area (Å²) in [5.41, 5.74) is 3.46. The number of carbonyl (C=O) groups excluding carboxylic acids is 1. The molecule has 1 amide bonds. The van der Waals surface area contributed by atoms with Crippen LogP contribution in [0.1, 0.15) is 45.9 Å². The number of para-hydroxylation sites is 1. The Labute approximate surface area is 206 Å². The molecule has 0 bridgehead atoms. The first-order valence-electron chi connectivity index (χ1n) is 12.1. The number of methoxy groups -OCH3 is 2. The Balaban J connectivity index is 1.35. The number of hydrogen-bond acceptors (Lipinski definition) is 5. The Bertz CT molecular complexity index is 1200. The van der Waals surface area contributed by atoms with Crippen LogP contribution in [-0.4, -0.2) is 49.3 Å². The molecule has 6 heteroatoms. The molecular formula is C29H32N2O4. The number of aliphatic hydroxyl groups excluding tert-OH is 1. The number of piperidine rings is 1. The van der Waals surface area contributed by atoms with Crippen molar-refractivity contribution >= 4 is 5.91 Å². The summed E-state index contributed by atoms with van der Waals surface area (Å²) in [6, 6.07) is 23.0. The Kier molecular flexibility index (Phi) is 6.50. The maximum absolute atomic E-state index is 13.2. The normalized spacial score (nSPS) is 20.9. The van der Waals surface area contributed by atoms with Gasteiger partial charge in [-0.3, -0.25) is 9.69 Å². The Morgan fingerprint density at radius 3 is 2.51 bits per heavy atom. The van der Waals surface area contributed by atoms with Crippen molar-refractivity contribution in [2.45, 2.75) is 36.9 Å². The van der Waals surface area contributed by atoms with Crippen LogP contribution in [0.25, 0.3) is 0 Å². The van der Waals surface area contributed by atoms with E-state index in [1.165, 1.54) is 5.56 Å². The number of likely N-dealkylation sites (tertiary alicyclic amines) is 1. The molecule has 35 heavy (non-hydrogen) atoms. The maximum Gasteiger partial charge on any atom is 0.255 e. The summed E-state index contributed by atoms with van der Waals surface area (Å²) in [5, 5.41) is 14.8. The first-order valence-corrected chi connectivity index (χ1v) is 12.1. The van der Waals surface area contributed by atoms with Crippen molar-refractivity contribution in [3.8, 4) is 11.5 Å². The number of nitrogens with one attached hydrogen (secondary N) is 1. The first-order chi connectivity index (χ1) is 17.1. The van der Waals surface area contributed by atoms with Crippen LogP contribution in [0.4, 0.5) is 0 Å². The summed E-state index contributed by atoms with van der Waals surface area (Å²) in [5.74, 6) is 1.14. The molecule has 0 saturated carbocycles. The van der Waals surface area contributed by atoms with Gasteiger partial charge < -0.3 is 19.9 Å². The van der Waals surface area contributed by atoms with Gasteiger partial charge in [0.15, 0.2) is 0 Å². The van der Waals surface area contributed by atoms with Crippen molar-refractivity contribution < 1.29 is 19.4 Å². The van der Waals surface area contributed by atoms with E-state index < -0.39 is 12.1 Å². The molecule has 1 aliphatic heterocycles. The number of hydrogen-bond donors (Lipinski definition) is 2. The van der Waals surface area contributed by atoms with Gasteiger partial charge in [-0.25, -0.2) is 0 Å². The number of ether oxygens (including phenoxy) is 2. The zero-order valence-electron chi connectivity index (χ0n) is 20.2. The van der Waals surface area contributed by atoms with Crippen molar-refractivity contribution in [3.05, 3.63) is 95.1 Å². The zero-order chi connectivity index (χ0) is 24.4. The molecule has 1 fully saturated rings. The number of rotatable bonds is 6. The lowest BCUT2D eigenvalue weighted by molar-refractivity contribution is 0.0192. The summed E-state index contributed by atoms with van der Waals surface area (Å²) < 4.78 is 10.7. The Morgan fingerprint density at radius 2 is 1.74 bits per heavy atom. The van der Waals surface area contributed by atoms with Crippen LogP contribution in [0, 0.1) is 0 Å². The Hall–Kier alpha value is -3.35. The summed E-state index contributed by atoms with van der Waals surface area (Å²) in [6.45, 7) is 2.59. The fraction of sp³-hybridized carbons (Fsp3) is 0.345. The van der Waals surface area contributed by atoms with E-state index in [1.54, 1.807) is 26.4 Å². The molecule has 2 atom stereocenters. The fourth-order valence-electron chi connectivity index (χ4n) is 5.78. The number of nitrogens with zero attached hydrogens (tertiary/aromatic N) is 1. The molecule has 5 rings (SSSR count). The van der Waals surface area contributed by atoms with Gasteiger partial charge in [-0.05, 0) is 66.9 Å². The third-order valence-electron chi connectivity index (χ3n) is 7.64. The van der Waals surface area contributed by atoms with Crippen molar-refractivity contribution in [3.63, 3.8) is 0 Å². The smallest absolute Gasteiger partial charge is 0.255 e. The van der Waals surface area contributed by atoms with Gasteiger partial charge in [-0.15, -0.1) is 0 Å². The molecule has 0 aromatic heterocycles. The maximum atomic E-state index is 13.2. The van der Waals surface area contributed by atoms with Gasteiger partial charge in [0, 0.05) is 12.0 Å². The van der Waals surface area contributed by atoms with Gasteiger partial charge in [0.25, 0.3) is 5.91 Å². The quantitative estimate of drug-likeness (QED) is 0.566. The minimum atomic E-state index is -0.697. The molecular weight excluding hydrogens is 440 g/mol. The summed E-state index contributed by atoms with van der Waals surface area (Å²) in [7, 11) is 3.24. The lowest BCUT2D eigenvalue weighted by Gasteiger charge is -2.43. The molecule has 182 valence electrons. The van der Waals surface area contributed by atoms with Crippen molar-refractivity contribution in [2.24, 2.45) is 0 Å². The molecule has 1 heterocycles. The molecule has 1 spiro atoms. The van der Waals surface area contributed by atoms with Crippen molar-refractivity contribution in [1.82, 2.24) is 10.2 Å². The predicted molar refractivity (Wildman–Crippen MR) is 135 cm³/mol. The largest absolute Gasteiger partial charge is 0.497 e. The van der Waals surface area contributed by atoms with Crippen LogP contribution in [-0.2, 0) is 12.0 Å². The van der Waals surface area contributed by atoms with E-state index >= 15 is 0 Å². The second-order valence-electron chi connectivity index (χ2n) is 9.47. The van der Waals surface area contributed by atoms with Gasteiger partial charge >= 0.3 is 0 Å². The third-order valence-corrected chi connectivity index (χ3v) is 7.64. The van der Waals surface area contributed by atoms with Crippen LogP contribution in [0.3, 0.4) is 0 Å². The zero-order valence-corrected chi connectivity index (χ0v) is 20.2. The van der Waals surface area contributed by atoms with Gasteiger partial charge in [0.05, 0.1) is 31.9 Å². The molecule has 2 aliphatic rings. The van der Waals surface area contributed by atoms with Gasteiger partial charge in [-0.2, -0.15) is 0 Å². The highest BCUT2D eigenvalue weighted by Gasteiger charge is 2.53. The molecule has 3 aromatic carbocycles. The molecule has 1 aliphatic carbocycles. The molecule has 0 unspecified atom stereocenters. The van der Waals surface area contributed by atoms with E-state index in [-0.39, 0.29) is 11.3 Å². The third kappa shape index (κ3) is 4.28. The molecule has 1 saturated heterocycles. The van der Waals surface area contributed by atoms with E-state index in [1.807, 2.05) is 42.5 Å². The number of aliphatic hydroxyl groups is 1. The average molecular weight is 473 g/mol. The molecule has 6 nitrogen and oxygen atoms in total. The van der Waals surface area contributed by atoms with Crippen LogP contribution in [0.15, 0.2) is 72.8 Å². The van der Waals surface area contributed by atoms with Gasteiger partial charge in [0.2, 0.25) is 0 Å². The highest BCUT2D eigenvalue weighted by atomic mass is 16.5. The van der Waals surface area contributed by atoms with Crippen LogP contribution >= 0.6 is 0 Å². The first kappa shape index (κ1) is 23.4. The van der Waals surface area contributed by atoms with Crippen molar-refractivity contribution in [2.75, 3.05) is 27.3 Å². The van der Waals surface area contributed by atoms with Crippen molar-refractivity contribution in [1.29, 1.82) is 0 Å². The second-order valence-corrected chi connectivity index (χ2v) is 9.47. The number of carbonyl (C=O) groups is 1. The van der Waals surface area contributed by atoms with Crippen LogP contribution in [0.2, 0.25) is 0 Å². The number of fused-ring (bicyclic) bond motifs is 2. The standard InChI is InChI=1S/C29H32N2O4/c1-34-21-9-7-8-20(18-21)19-31-16-14-29(15-17-31)24-12-5-3-10-22(24)26(27(29)32)30-28(33)23-11-4-6-13-25(23)35-2/h3-13,18,26-27,32H,14-17,19H2,1-2H3,(H,30,33)/t26-,27+/m1/s1. The van der Waals surface area contributed by atoms with E-state index in [4.69, 9.17) is 9.47 Å². The van der Waals surface area contributed by atoms with Gasteiger partial charge in [0.1, 0.15) is 11.5 Å². The highest BCUT2D eigenvalue weighted by molar-refractivity contribution is 5.97. The molecule has 0 radical (unpaired) electrons. The summed E-state index contributed by atoms with van der Waals surface area (Å²) in [4.78, 5) is 15.6. The monoisotopic (exact) mass is 472 g/mol. The molecule has 3 aromatic rings. The lowest BCUT2D eigenvalue weighted by Crippen LogP contribution is -2.49. The lowest BCUT2D eigenvalue weighted by atomic mass is 9.72. The number of amides is 1. The van der Waals surface area contributed by atoms with E-state index in [0.29, 0.717) is 11.3 Å². The van der Waals surface area contributed by atoms with E-state index in [0.717, 1.165) is 49.4 Å². The second kappa shape index (κ2) is 9.72. The topological polar surface area (TPSA) is 71.0 Å². The van der Waals surface area contributed by atoms with Gasteiger partial charge in [-0.1, -0.05) is 48.5 Å². The molecule has 2 N–H and O–H groups in total. The SMILES string of the molecule is COc1cccc(CN2CCC3(CC2)c2ccccc2[C@@H](NC(=O)c2ccccc2OC)[C@@H]3O)c1. The van der Waals surface area contributed by atoms with Crippen LogP contribution < -0.4 is 14.8 Å². The summed E-state index contributed by atoms with van der Waals surface area (Å²) >= 11 is 0. The van der Waals surface area contributed by atoms with Crippen LogP contribution in [0.5, 0.6) is 11.5 Å². The minimum absolute atomic E-state index is 0.242. The van der Waals surface area contributed by atoms with E-state index in [2.05, 4.69) is 28.4 Å². The highest BCUT2D eigenvalue weighted by Crippen LogP contribution is 2.51. The minimum Gasteiger partial charge on any atom is -0.497 e. The Morgan fingerprint density at radius 1 is 1.00 bits per heavy atom. The predicted octanol–water partition coefficient (Wildman–Crippen LogP) is 4.08. The average Bonchev–Trinajstić information content (AvgIpc) is 3.12. The number of benzene rings is 3.